The zero-order chi connectivity index (χ0) is 21.3. The Bertz CT molecular complexity index is 707. The lowest BCUT2D eigenvalue weighted by molar-refractivity contribution is -0.121. The topological polar surface area (TPSA) is 78.9 Å². The molecular weight excluding hydrogens is 378 g/mol. The molecule has 1 aliphatic heterocycles. The normalized spacial score (nSPS) is 23.2. The minimum atomic E-state index is 0.134. The van der Waals surface area contributed by atoms with Gasteiger partial charge in [-0.2, -0.15) is 0 Å². The van der Waals surface area contributed by atoms with Crippen LogP contribution in [0.4, 0.5) is 0 Å². The van der Waals surface area contributed by atoms with Gasteiger partial charge < -0.3 is 20.3 Å². The first-order chi connectivity index (χ1) is 14.6. The molecule has 3 rings (SSSR count). The molecule has 1 saturated heterocycles. The van der Waals surface area contributed by atoms with E-state index in [0.29, 0.717) is 25.0 Å². The number of aliphatic imine (C=N–C) groups is 1. The maximum absolute atomic E-state index is 11.6. The highest BCUT2D eigenvalue weighted by Crippen LogP contribution is 2.26. The van der Waals surface area contributed by atoms with E-state index in [4.69, 9.17) is 4.74 Å². The molecule has 0 radical (unpaired) electrons. The predicted molar refractivity (Wildman–Crippen MR) is 119 cm³/mol. The fourth-order valence-electron chi connectivity index (χ4n) is 4.37. The fraction of sp³-hybridized carbons (Fsp3) is 0.696. The highest BCUT2D eigenvalue weighted by molar-refractivity contribution is 5.80. The van der Waals surface area contributed by atoms with Gasteiger partial charge in [-0.1, -0.05) is 6.92 Å². The number of ether oxygens (including phenoxy) is 1. The van der Waals surface area contributed by atoms with E-state index in [0.717, 1.165) is 62.1 Å². The van der Waals surface area contributed by atoms with Crippen LogP contribution >= 0.6 is 0 Å². The molecule has 1 aromatic heterocycles. The van der Waals surface area contributed by atoms with Crippen molar-refractivity contribution in [1.82, 2.24) is 20.5 Å². The second kappa shape index (κ2) is 11.2. The first-order valence-electron chi connectivity index (χ1n) is 11.3. The average molecular weight is 416 g/mol. The van der Waals surface area contributed by atoms with E-state index < -0.39 is 0 Å². The van der Waals surface area contributed by atoms with Crippen LogP contribution in [-0.2, 0) is 11.3 Å². The van der Waals surface area contributed by atoms with Crippen molar-refractivity contribution in [2.24, 2.45) is 16.8 Å². The van der Waals surface area contributed by atoms with Crippen molar-refractivity contribution < 1.29 is 9.53 Å². The molecule has 1 amide bonds. The van der Waals surface area contributed by atoms with Gasteiger partial charge in [-0.3, -0.25) is 9.79 Å². The van der Waals surface area contributed by atoms with E-state index in [1.165, 1.54) is 12.8 Å². The molecule has 0 unspecified atom stereocenters. The number of nitrogens with zero attached hydrogens (tertiary/aromatic N) is 3. The highest BCUT2D eigenvalue weighted by atomic mass is 16.5. The lowest BCUT2D eigenvalue weighted by Gasteiger charge is -2.34. The van der Waals surface area contributed by atoms with Gasteiger partial charge in [-0.25, -0.2) is 4.98 Å². The smallest absolute Gasteiger partial charge is 0.220 e. The molecular formula is C23H37N5O2. The molecule has 166 valence electrons. The van der Waals surface area contributed by atoms with Crippen LogP contribution in [0, 0.1) is 11.8 Å². The van der Waals surface area contributed by atoms with Crippen LogP contribution in [0.5, 0.6) is 5.88 Å². The third kappa shape index (κ3) is 6.61. The van der Waals surface area contributed by atoms with E-state index >= 15 is 0 Å². The molecule has 0 bridgehead atoms. The minimum absolute atomic E-state index is 0.134. The van der Waals surface area contributed by atoms with Crippen LogP contribution in [0.3, 0.4) is 0 Å². The number of hydrogen-bond acceptors (Lipinski definition) is 4. The number of likely N-dealkylation sites (tertiary alicyclic amines) is 1. The summed E-state index contributed by atoms with van der Waals surface area (Å²) in [6, 6.07) is 4.06. The summed E-state index contributed by atoms with van der Waals surface area (Å²) in [4.78, 5) is 22.7. The number of piperidine rings is 1. The SMILES string of the molecule is CN=C(NCc1ccnc(OC2CCC(C)CC2)c1)N1CCC(CC(=O)NC)CC1. The minimum Gasteiger partial charge on any atom is -0.474 e. The summed E-state index contributed by atoms with van der Waals surface area (Å²) in [6.07, 6.45) is 9.48. The fourth-order valence-corrected chi connectivity index (χ4v) is 4.37. The van der Waals surface area contributed by atoms with Crippen molar-refractivity contribution in [3.63, 3.8) is 0 Å². The standard InChI is InChI=1S/C23H37N5O2/c1-17-4-6-20(7-5-17)30-22-15-19(8-11-26-22)16-27-23(25-3)28-12-9-18(10-13-28)14-21(29)24-2/h8,11,15,17-18,20H,4-7,9-10,12-14,16H2,1-3H3,(H,24,29)(H,25,27). The van der Waals surface area contributed by atoms with Crippen LogP contribution in [0.25, 0.3) is 0 Å². The van der Waals surface area contributed by atoms with Crippen molar-refractivity contribution in [2.45, 2.75) is 64.5 Å². The number of carbonyl (C=O) groups excluding carboxylic acids is 1. The number of aromatic nitrogens is 1. The number of carbonyl (C=O) groups is 1. The largest absolute Gasteiger partial charge is 0.474 e. The van der Waals surface area contributed by atoms with Crippen LogP contribution in [0.15, 0.2) is 23.3 Å². The summed E-state index contributed by atoms with van der Waals surface area (Å²) < 4.78 is 6.13. The maximum Gasteiger partial charge on any atom is 0.220 e. The molecule has 0 atom stereocenters. The molecule has 2 heterocycles. The Hall–Kier alpha value is -2.31. The lowest BCUT2D eigenvalue weighted by atomic mass is 9.89. The number of pyridine rings is 1. The number of hydrogen-bond donors (Lipinski definition) is 2. The first kappa shape index (κ1) is 22.4. The van der Waals surface area contributed by atoms with Crippen LogP contribution in [-0.4, -0.2) is 55.0 Å². The second-order valence-corrected chi connectivity index (χ2v) is 8.71. The van der Waals surface area contributed by atoms with Gasteiger partial charge in [-0.15, -0.1) is 0 Å². The summed E-state index contributed by atoms with van der Waals surface area (Å²) in [7, 11) is 3.53. The zero-order valence-corrected chi connectivity index (χ0v) is 18.7. The van der Waals surface area contributed by atoms with E-state index in [1.54, 1.807) is 7.05 Å². The zero-order valence-electron chi connectivity index (χ0n) is 18.7. The van der Waals surface area contributed by atoms with E-state index in [-0.39, 0.29) is 5.91 Å². The van der Waals surface area contributed by atoms with Gasteiger partial charge in [0.2, 0.25) is 11.8 Å². The van der Waals surface area contributed by atoms with Gasteiger partial charge in [0.05, 0.1) is 0 Å². The highest BCUT2D eigenvalue weighted by Gasteiger charge is 2.23. The molecule has 2 fully saturated rings. The third-order valence-corrected chi connectivity index (χ3v) is 6.38. The summed E-state index contributed by atoms with van der Waals surface area (Å²) in [6.45, 7) is 4.85. The quantitative estimate of drug-likeness (QED) is 0.552. The number of amides is 1. The predicted octanol–water partition coefficient (Wildman–Crippen LogP) is 2.96. The van der Waals surface area contributed by atoms with E-state index in [1.807, 2.05) is 25.4 Å². The third-order valence-electron chi connectivity index (χ3n) is 6.38. The van der Waals surface area contributed by atoms with Gasteiger partial charge in [0, 0.05) is 52.4 Å². The summed E-state index contributed by atoms with van der Waals surface area (Å²) in [5.74, 6) is 3.04. The van der Waals surface area contributed by atoms with Gasteiger partial charge in [0.1, 0.15) is 6.10 Å². The molecule has 0 spiro atoms. The molecule has 30 heavy (non-hydrogen) atoms. The van der Waals surface area contributed by atoms with E-state index in [2.05, 4.69) is 32.4 Å². The van der Waals surface area contributed by atoms with Crippen LogP contribution in [0.1, 0.15) is 57.4 Å². The molecule has 0 aromatic carbocycles. The number of nitrogens with one attached hydrogen (secondary N) is 2. The average Bonchev–Trinajstić information content (AvgIpc) is 2.77. The summed E-state index contributed by atoms with van der Waals surface area (Å²) >= 11 is 0. The Morgan fingerprint density at radius 3 is 2.63 bits per heavy atom. The Labute approximate surface area is 180 Å². The van der Waals surface area contributed by atoms with Gasteiger partial charge in [0.15, 0.2) is 5.96 Å². The van der Waals surface area contributed by atoms with Gasteiger partial charge in [-0.05, 0) is 62.0 Å². The summed E-state index contributed by atoms with van der Waals surface area (Å²) in [5.41, 5.74) is 1.14. The van der Waals surface area contributed by atoms with Crippen LogP contribution in [0.2, 0.25) is 0 Å². The number of rotatable bonds is 6. The molecule has 2 N–H and O–H groups in total. The van der Waals surface area contributed by atoms with Crippen molar-refractivity contribution >= 4 is 11.9 Å². The molecule has 7 heteroatoms. The monoisotopic (exact) mass is 415 g/mol. The Morgan fingerprint density at radius 1 is 1.23 bits per heavy atom. The first-order valence-corrected chi connectivity index (χ1v) is 11.3. The van der Waals surface area contributed by atoms with E-state index in [9.17, 15) is 4.79 Å². The molecule has 1 saturated carbocycles. The summed E-state index contributed by atoms with van der Waals surface area (Å²) in [5, 5.41) is 6.20. The van der Waals surface area contributed by atoms with Crippen molar-refractivity contribution in [3.8, 4) is 5.88 Å². The van der Waals surface area contributed by atoms with Gasteiger partial charge in [0.25, 0.3) is 0 Å². The van der Waals surface area contributed by atoms with Crippen LogP contribution < -0.4 is 15.4 Å². The Kier molecular flexibility index (Phi) is 8.34. The Balaban J connectivity index is 1.46. The molecule has 2 aliphatic rings. The number of guanidine groups is 1. The second-order valence-electron chi connectivity index (χ2n) is 8.71. The molecule has 7 nitrogen and oxygen atoms in total. The lowest BCUT2D eigenvalue weighted by Crippen LogP contribution is -2.45. The van der Waals surface area contributed by atoms with Gasteiger partial charge >= 0.3 is 0 Å². The van der Waals surface area contributed by atoms with Crippen molar-refractivity contribution in [3.05, 3.63) is 23.9 Å². The van der Waals surface area contributed by atoms with Crippen molar-refractivity contribution in [1.29, 1.82) is 0 Å². The maximum atomic E-state index is 11.6. The Morgan fingerprint density at radius 2 is 1.97 bits per heavy atom. The molecule has 1 aromatic rings. The molecule has 1 aliphatic carbocycles. The van der Waals surface area contributed by atoms with Crippen molar-refractivity contribution in [2.75, 3.05) is 27.2 Å².